The number of ether oxygens (including phenoxy) is 3. The summed E-state index contributed by atoms with van der Waals surface area (Å²) in [5, 5.41) is 8.02. The van der Waals surface area contributed by atoms with E-state index in [1.807, 2.05) is 12.1 Å². The van der Waals surface area contributed by atoms with E-state index < -0.39 is 11.6 Å². The van der Waals surface area contributed by atoms with Gasteiger partial charge in [0.2, 0.25) is 5.82 Å². The maximum Gasteiger partial charge on any atom is 0.306 e. The maximum absolute atomic E-state index is 14.8. The van der Waals surface area contributed by atoms with Gasteiger partial charge in [0.15, 0.2) is 11.6 Å². The predicted molar refractivity (Wildman–Crippen MR) is 257 cm³/mol. The van der Waals surface area contributed by atoms with Crippen LogP contribution < -0.4 is 9.47 Å². The third kappa shape index (κ3) is 13.2. The summed E-state index contributed by atoms with van der Waals surface area (Å²) in [6.45, 7) is 15.7. The number of carbonyl (C=O) groups excluding carboxylic acids is 1. The number of carbonyl (C=O) groups is 1. The molecule has 0 aromatic heterocycles. The number of rotatable bonds is 26. The van der Waals surface area contributed by atoms with E-state index in [2.05, 4.69) is 57.8 Å². The molecule has 3 fully saturated rings. The van der Waals surface area contributed by atoms with Crippen LogP contribution in [0.1, 0.15) is 196 Å². The predicted octanol–water partition coefficient (Wildman–Crippen LogP) is 17.2. The fourth-order valence-corrected chi connectivity index (χ4v) is 12.8. The lowest BCUT2D eigenvalue weighted by atomic mass is 9.47. The van der Waals surface area contributed by atoms with Crippen LogP contribution in [0.5, 0.6) is 11.5 Å². The van der Waals surface area contributed by atoms with E-state index in [1.165, 1.54) is 95.6 Å². The number of allylic oxidation sites excluding steroid dienone is 1. The van der Waals surface area contributed by atoms with Crippen LogP contribution in [0.3, 0.4) is 0 Å². The van der Waals surface area contributed by atoms with Crippen molar-refractivity contribution in [1.82, 2.24) is 0 Å². The summed E-state index contributed by atoms with van der Waals surface area (Å²) in [7, 11) is 0. The zero-order valence-electron chi connectivity index (χ0n) is 40.8. The second-order valence-electron chi connectivity index (χ2n) is 21.4. The van der Waals surface area contributed by atoms with Gasteiger partial charge in [-0.05, 0) is 147 Å². The van der Waals surface area contributed by atoms with Crippen molar-refractivity contribution in [3.8, 4) is 11.5 Å². The van der Waals surface area contributed by atoms with E-state index in [-0.39, 0.29) is 28.9 Å². The van der Waals surface area contributed by atoms with Gasteiger partial charge in [0.25, 0.3) is 0 Å². The topological polar surface area (TPSA) is 69.5 Å². The number of azo groups is 1. The summed E-state index contributed by atoms with van der Waals surface area (Å²) in [6, 6.07) is 9.91. The van der Waals surface area contributed by atoms with Gasteiger partial charge in [0.05, 0.1) is 18.9 Å². The van der Waals surface area contributed by atoms with Gasteiger partial charge >= 0.3 is 5.97 Å². The van der Waals surface area contributed by atoms with Crippen molar-refractivity contribution in [1.29, 1.82) is 0 Å². The van der Waals surface area contributed by atoms with E-state index in [1.54, 1.807) is 17.7 Å². The van der Waals surface area contributed by atoms with Crippen LogP contribution in [0.25, 0.3) is 0 Å². The van der Waals surface area contributed by atoms with E-state index in [0.717, 1.165) is 105 Å². The van der Waals surface area contributed by atoms with Crippen molar-refractivity contribution in [2.24, 2.45) is 56.6 Å². The summed E-state index contributed by atoms with van der Waals surface area (Å²) in [4.78, 5) is 13.0. The molecule has 0 heterocycles. The highest BCUT2D eigenvalue weighted by Gasteiger charge is 2.59. The van der Waals surface area contributed by atoms with E-state index >= 15 is 0 Å². The molecule has 0 unspecified atom stereocenters. The summed E-state index contributed by atoms with van der Waals surface area (Å²) in [6.07, 6.45) is 29.8. The number of unbranched alkanes of at least 4 members (excludes halogenated alkanes) is 10. The van der Waals surface area contributed by atoms with Crippen molar-refractivity contribution >= 4 is 17.3 Å². The van der Waals surface area contributed by atoms with Crippen LogP contribution in [-0.2, 0) is 9.53 Å². The zero-order chi connectivity index (χ0) is 45.5. The third-order valence-electron chi connectivity index (χ3n) is 16.5. The molecule has 4 aliphatic rings. The molecule has 0 bridgehead atoms. The Morgan fingerprint density at radius 1 is 0.734 bits per heavy atom. The lowest BCUT2D eigenvalue weighted by molar-refractivity contribution is -0.151. The molecule has 6 rings (SSSR count). The molecule has 0 radical (unpaired) electrons. The first kappa shape index (κ1) is 50.1. The SMILES string of the molecule is CCCCCCCCOc1ccc(N=Nc2ccc(OCCCCCCCCC(=O)O[C@H]3CC[C@@]4(C)C(=CC[C@H]5[C@@H]6CC[C@H]([C@H](C)CCCC(C)C)[C@@]6(C)CC[C@@H]54)C3)c(F)c2F)cc1. The van der Waals surface area contributed by atoms with Crippen LogP contribution in [0.4, 0.5) is 20.2 Å². The van der Waals surface area contributed by atoms with Gasteiger partial charge in [-0.3, -0.25) is 4.79 Å². The molecular weight excluding hydrogens is 803 g/mol. The maximum atomic E-state index is 14.8. The fourth-order valence-electron chi connectivity index (χ4n) is 12.8. The molecule has 6 nitrogen and oxygen atoms in total. The Morgan fingerprint density at radius 2 is 1.44 bits per heavy atom. The van der Waals surface area contributed by atoms with Gasteiger partial charge < -0.3 is 14.2 Å². The lowest BCUT2D eigenvalue weighted by Gasteiger charge is -2.58. The van der Waals surface area contributed by atoms with Crippen LogP contribution >= 0.6 is 0 Å². The number of nitrogens with zero attached hydrogens (tertiary/aromatic N) is 2. The molecule has 8 atom stereocenters. The van der Waals surface area contributed by atoms with Crippen LogP contribution in [0.15, 0.2) is 58.3 Å². The highest BCUT2D eigenvalue weighted by molar-refractivity contribution is 5.69. The molecule has 0 N–H and O–H groups in total. The normalized spacial score (nSPS) is 26.9. The Balaban J connectivity index is 0.825. The zero-order valence-corrected chi connectivity index (χ0v) is 40.8. The largest absolute Gasteiger partial charge is 0.494 e. The highest BCUT2D eigenvalue weighted by atomic mass is 19.2. The monoisotopic (exact) mass is 887 g/mol. The number of hydrogen-bond donors (Lipinski definition) is 0. The van der Waals surface area contributed by atoms with E-state index in [0.29, 0.717) is 30.7 Å². The van der Waals surface area contributed by atoms with E-state index in [4.69, 9.17) is 14.2 Å². The average Bonchev–Trinajstić information content (AvgIpc) is 3.64. The molecule has 64 heavy (non-hydrogen) atoms. The Bertz CT molecular complexity index is 1810. The number of fused-ring (bicyclic) bond motifs is 5. The van der Waals surface area contributed by atoms with Crippen LogP contribution in [-0.4, -0.2) is 25.3 Å². The van der Waals surface area contributed by atoms with Gasteiger partial charge in [0.1, 0.15) is 17.5 Å². The fraction of sp³-hybridized carbons (Fsp3) is 0.732. The van der Waals surface area contributed by atoms with Gasteiger partial charge in [-0.15, -0.1) is 5.11 Å². The summed E-state index contributed by atoms with van der Waals surface area (Å²) < 4.78 is 47.2. The number of benzene rings is 2. The Morgan fingerprint density at radius 3 is 2.17 bits per heavy atom. The minimum Gasteiger partial charge on any atom is -0.494 e. The second kappa shape index (κ2) is 24.5. The first-order chi connectivity index (χ1) is 30.9. The lowest BCUT2D eigenvalue weighted by Crippen LogP contribution is -2.51. The molecule has 8 heteroatoms. The highest BCUT2D eigenvalue weighted by Crippen LogP contribution is 2.67. The first-order valence-corrected chi connectivity index (χ1v) is 26.1. The average molecular weight is 887 g/mol. The van der Waals surface area contributed by atoms with Crippen molar-refractivity contribution in [3.05, 3.63) is 59.7 Å². The standard InChI is InChI=1S/C56H84F2N2O4/c1-7-8-9-10-14-17-37-62-44-26-24-43(25-27-44)59-60-50-31-32-51(54(58)53(50)57)63-38-18-15-12-11-13-16-22-52(61)64-45-33-35-55(5)42(39-45)23-28-46-48-30-29-47(41(4)21-19-20-40(2)3)56(48,6)36-34-49(46)55/h23-27,31-32,40-41,45-49H,7-22,28-30,33-39H2,1-6H3/t41-,45+,46+,47-,48+,49+,55+,56-/m1/s1. The van der Waals surface area contributed by atoms with Crippen molar-refractivity contribution < 1.29 is 27.8 Å². The van der Waals surface area contributed by atoms with Gasteiger partial charge in [0, 0.05) is 12.8 Å². The molecule has 0 aliphatic heterocycles. The quantitative estimate of drug-likeness (QED) is 0.0408. The third-order valence-corrected chi connectivity index (χ3v) is 16.5. The Hall–Kier alpha value is -3.29. The van der Waals surface area contributed by atoms with Gasteiger partial charge in [-0.1, -0.05) is 130 Å². The Labute approximate surface area is 386 Å². The second-order valence-corrected chi connectivity index (χ2v) is 21.4. The number of esters is 1. The van der Waals surface area contributed by atoms with Crippen LogP contribution in [0.2, 0.25) is 0 Å². The molecule has 3 saturated carbocycles. The molecule has 356 valence electrons. The van der Waals surface area contributed by atoms with Gasteiger partial charge in [-0.25, -0.2) is 4.39 Å². The molecule has 0 spiro atoms. The van der Waals surface area contributed by atoms with Crippen molar-refractivity contribution in [2.75, 3.05) is 13.2 Å². The van der Waals surface area contributed by atoms with E-state index in [9.17, 15) is 13.6 Å². The first-order valence-electron chi connectivity index (χ1n) is 26.1. The Kier molecular flexibility index (Phi) is 19.2. The molecule has 0 amide bonds. The number of halogens is 2. The molecule has 2 aromatic carbocycles. The summed E-state index contributed by atoms with van der Waals surface area (Å²) >= 11 is 0. The molecule has 0 saturated heterocycles. The number of hydrogen-bond acceptors (Lipinski definition) is 6. The van der Waals surface area contributed by atoms with Crippen molar-refractivity contribution in [3.63, 3.8) is 0 Å². The minimum absolute atomic E-state index is 0.0155. The summed E-state index contributed by atoms with van der Waals surface area (Å²) in [5.74, 6) is 3.43. The molecule has 2 aromatic rings. The van der Waals surface area contributed by atoms with Crippen molar-refractivity contribution in [2.45, 2.75) is 202 Å². The summed E-state index contributed by atoms with van der Waals surface area (Å²) in [5.41, 5.74) is 2.69. The van der Waals surface area contributed by atoms with Gasteiger partial charge in [-0.2, -0.15) is 9.50 Å². The smallest absolute Gasteiger partial charge is 0.306 e. The minimum atomic E-state index is -1.08. The molecule has 4 aliphatic carbocycles. The molecular formula is C56H84F2N2O4. The van der Waals surface area contributed by atoms with Crippen LogP contribution in [0, 0.1) is 58.0 Å².